The summed E-state index contributed by atoms with van der Waals surface area (Å²) >= 11 is 1.61. The van der Waals surface area contributed by atoms with Gasteiger partial charge in [-0.15, -0.1) is 11.3 Å². The van der Waals surface area contributed by atoms with Crippen LogP contribution in [0.1, 0.15) is 5.56 Å². The highest BCUT2D eigenvalue weighted by atomic mass is 32.2. The minimum atomic E-state index is -3.59. The van der Waals surface area contributed by atoms with Crippen molar-refractivity contribution in [2.24, 2.45) is 0 Å². The van der Waals surface area contributed by atoms with E-state index in [0.717, 1.165) is 20.7 Å². The summed E-state index contributed by atoms with van der Waals surface area (Å²) in [7, 11) is -3.59. The summed E-state index contributed by atoms with van der Waals surface area (Å²) in [4.78, 5) is 11.1. The van der Waals surface area contributed by atoms with E-state index in [-0.39, 0.29) is 0 Å². The van der Waals surface area contributed by atoms with Crippen LogP contribution in [0, 0.1) is 0 Å². The van der Waals surface area contributed by atoms with Crippen LogP contribution in [-0.2, 0) is 21.3 Å². The zero-order valence-electron chi connectivity index (χ0n) is 17.3. The quantitative estimate of drug-likeness (QED) is 0.463. The third-order valence-electron chi connectivity index (χ3n) is 5.39. The normalized spacial score (nSPS) is 15.1. The summed E-state index contributed by atoms with van der Waals surface area (Å²) in [5.41, 5.74) is 1.83. The van der Waals surface area contributed by atoms with Crippen LogP contribution in [0.15, 0.2) is 71.9 Å². The van der Waals surface area contributed by atoms with E-state index in [1.54, 1.807) is 23.5 Å². The molecule has 0 radical (unpaired) electrons. The molecule has 2 aromatic heterocycles. The summed E-state index contributed by atoms with van der Waals surface area (Å²) in [6.45, 7) is 1.91. The van der Waals surface area contributed by atoms with Crippen LogP contribution in [0.25, 0.3) is 20.7 Å². The molecule has 2 aromatic carbocycles. The van der Waals surface area contributed by atoms with Gasteiger partial charge in [-0.05, 0) is 23.3 Å². The van der Waals surface area contributed by atoms with Crippen LogP contribution in [-0.4, -0.2) is 49.0 Å². The van der Waals surface area contributed by atoms with Crippen molar-refractivity contribution in [2.45, 2.75) is 11.4 Å². The molecular formula is C23H22N4O3S2. The molecule has 0 spiro atoms. The Morgan fingerprint density at radius 2 is 1.75 bits per heavy atom. The second-order valence-electron chi connectivity index (χ2n) is 7.40. The lowest BCUT2D eigenvalue weighted by atomic mass is 10.2. The van der Waals surface area contributed by atoms with Gasteiger partial charge in [-0.25, -0.2) is 18.4 Å². The van der Waals surface area contributed by atoms with E-state index < -0.39 is 10.0 Å². The largest absolute Gasteiger partial charge is 0.379 e. The standard InChI is InChI=1S/C23H22N4O3S2/c28-32(29,27-10-12-30-13-11-27)21-9-5-4-8-18(21)15-24-22-19-14-20(17-6-2-1-3-7-17)31-23(19)26-16-25-22/h1-9,14,16H,10-13,15H2,(H,24,25,26). The van der Waals surface area contributed by atoms with Crippen LogP contribution in [0.5, 0.6) is 0 Å². The van der Waals surface area contributed by atoms with Gasteiger partial charge >= 0.3 is 0 Å². The van der Waals surface area contributed by atoms with Crippen LogP contribution in [0.3, 0.4) is 0 Å². The van der Waals surface area contributed by atoms with Gasteiger partial charge in [0.1, 0.15) is 17.0 Å². The lowest BCUT2D eigenvalue weighted by molar-refractivity contribution is 0.0730. The molecule has 0 unspecified atom stereocenters. The maximum absolute atomic E-state index is 13.2. The van der Waals surface area contributed by atoms with Crippen molar-refractivity contribution >= 4 is 37.4 Å². The van der Waals surface area contributed by atoms with Gasteiger partial charge < -0.3 is 10.1 Å². The summed E-state index contributed by atoms with van der Waals surface area (Å²) < 4.78 is 33.2. The molecule has 164 valence electrons. The van der Waals surface area contributed by atoms with E-state index in [4.69, 9.17) is 4.74 Å². The monoisotopic (exact) mass is 466 g/mol. The molecule has 0 aliphatic carbocycles. The number of rotatable bonds is 6. The van der Waals surface area contributed by atoms with Crippen LogP contribution < -0.4 is 5.32 Å². The fourth-order valence-electron chi connectivity index (χ4n) is 3.75. The Bertz CT molecular complexity index is 1330. The molecule has 7 nitrogen and oxygen atoms in total. The zero-order valence-corrected chi connectivity index (χ0v) is 18.9. The van der Waals surface area contributed by atoms with Crippen molar-refractivity contribution in [3.05, 3.63) is 72.6 Å². The first-order chi connectivity index (χ1) is 15.6. The van der Waals surface area contributed by atoms with Crippen LogP contribution >= 0.6 is 11.3 Å². The predicted octanol–water partition coefficient (Wildman–Crippen LogP) is 3.99. The Kier molecular flexibility index (Phi) is 5.88. The van der Waals surface area contributed by atoms with Gasteiger partial charge in [0, 0.05) is 24.5 Å². The molecule has 1 aliphatic rings. The van der Waals surface area contributed by atoms with Crippen molar-refractivity contribution in [2.75, 3.05) is 31.6 Å². The van der Waals surface area contributed by atoms with Crippen molar-refractivity contribution in [1.82, 2.24) is 14.3 Å². The number of fused-ring (bicyclic) bond motifs is 1. The average molecular weight is 467 g/mol. The molecule has 32 heavy (non-hydrogen) atoms. The molecule has 0 bridgehead atoms. The highest BCUT2D eigenvalue weighted by Crippen LogP contribution is 2.35. The number of ether oxygens (including phenoxy) is 1. The minimum absolute atomic E-state index is 0.315. The third kappa shape index (κ3) is 4.12. The van der Waals surface area contributed by atoms with E-state index in [0.29, 0.717) is 49.1 Å². The first-order valence-corrected chi connectivity index (χ1v) is 12.6. The van der Waals surface area contributed by atoms with E-state index in [1.165, 1.54) is 10.6 Å². The number of sulfonamides is 1. The first-order valence-electron chi connectivity index (χ1n) is 10.3. The maximum atomic E-state index is 13.2. The molecular weight excluding hydrogens is 444 g/mol. The highest BCUT2D eigenvalue weighted by Gasteiger charge is 2.28. The van der Waals surface area contributed by atoms with Gasteiger partial charge in [0.05, 0.1) is 23.5 Å². The SMILES string of the molecule is O=S(=O)(c1ccccc1CNc1ncnc2sc(-c3ccccc3)cc12)N1CCOCC1. The lowest BCUT2D eigenvalue weighted by Crippen LogP contribution is -2.41. The highest BCUT2D eigenvalue weighted by molar-refractivity contribution is 7.89. The number of nitrogens with zero attached hydrogens (tertiary/aromatic N) is 3. The summed E-state index contributed by atoms with van der Waals surface area (Å²) in [5, 5.41) is 4.25. The van der Waals surface area contributed by atoms with Crippen molar-refractivity contribution in [3.63, 3.8) is 0 Å². The Balaban J connectivity index is 1.43. The molecule has 0 amide bonds. The fourth-order valence-corrected chi connectivity index (χ4v) is 6.38. The zero-order chi connectivity index (χ0) is 22.0. The number of hydrogen-bond acceptors (Lipinski definition) is 7. The third-order valence-corrected chi connectivity index (χ3v) is 8.49. The first kappa shape index (κ1) is 21.0. The van der Waals surface area contributed by atoms with Gasteiger partial charge in [0.25, 0.3) is 0 Å². The molecule has 4 aromatic rings. The molecule has 0 atom stereocenters. The second kappa shape index (κ2) is 8.95. The second-order valence-corrected chi connectivity index (χ2v) is 10.3. The van der Waals surface area contributed by atoms with Crippen molar-refractivity contribution in [3.8, 4) is 10.4 Å². The number of hydrogen-bond donors (Lipinski definition) is 1. The molecule has 1 N–H and O–H groups in total. The van der Waals surface area contributed by atoms with E-state index in [9.17, 15) is 8.42 Å². The van der Waals surface area contributed by atoms with Crippen molar-refractivity contribution in [1.29, 1.82) is 0 Å². The number of benzene rings is 2. The lowest BCUT2D eigenvalue weighted by Gasteiger charge is -2.27. The van der Waals surface area contributed by atoms with Gasteiger partial charge in [-0.2, -0.15) is 4.31 Å². The van der Waals surface area contributed by atoms with Crippen LogP contribution in [0.4, 0.5) is 5.82 Å². The van der Waals surface area contributed by atoms with E-state index in [1.807, 2.05) is 30.3 Å². The predicted molar refractivity (Wildman–Crippen MR) is 126 cm³/mol. The fraction of sp³-hybridized carbons (Fsp3) is 0.217. The Labute approximate surface area is 190 Å². The summed E-state index contributed by atoms with van der Waals surface area (Å²) in [6.07, 6.45) is 1.53. The van der Waals surface area contributed by atoms with Gasteiger partial charge in [0.2, 0.25) is 10.0 Å². The topological polar surface area (TPSA) is 84.4 Å². The number of nitrogens with one attached hydrogen (secondary N) is 1. The molecule has 1 aliphatic heterocycles. The molecule has 1 saturated heterocycles. The maximum Gasteiger partial charge on any atom is 0.243 e. The number of anilines is 1. The number of morpholine rings is 1. The Hall–Kier alpha value is -2.85. The summed E-state index contributed by atoms with van der Waals surface area (Å²) in [6, 6.07) is 19.3. The number of thiophene rings is 1. The van der Waals surface area contributed by atoms with E-state index >= 15 is 0 Å². The van der Waals surface area contributed by atoms with Crippen molar-refractivity contribution < 1.29 is 13.2 Å². The Morgan fingerprint density at radius 3 is 2.56 bits per heavy atom. The van der Waals surface area contributed by atoms with Gasteiger partial charge in [-0.1, -0.05) is 48.5 Å². The van der Waals surface area contributed by atoms with Gasteiger partial charge in [-0.3, -0.25) is 0 Å². The summed E-state index contributed by atoms with van der Waals surface area (Å²) in [5.74, 6) is 0.687. The molecule has 1 fully saturated rings. The molecule has 0 saturated carbocycles. The number of aromatic nitrogens is 2. The average Bonchev–Trinajstić information content (AvgIpc) is 3.29. The van der Waals surface area contributed by atoms with Crippen LogP contribution in [0.2, 0.25) is 0 Å². The molecule has 3 heterocycles. The molecule has 5 rings (SSSR count). The van der Waals surface area contributed by atoms with E-state index in [2.05, 4.69) is 33.5 Å². The minimum Gasteiger partial charge on any atom is -0.379 e. The molecule has 9 heteroatoms. The van der Waals surface area contributed by atoms with Gasteiger partial charge in [0.15, 0.2) is 0 Å². The smallest absolute Gasteiger partial charge is 0.243 e. The Morgan fingerprint density at radius 1 is 1.00 bits per heavy atom.